The van der Waals surface area contributed by atoms with Crippen LogP contribution in [0.5, 0.6) is 0 Å². The monoisotopic (exact) mass is 226 g/mol. The Kier molecular flexibility index (Phi) is 3.19. The lowest BCUT2D eigenvalue weighted by Crippen LogP contribution is -1.95. The van der Waals surface area contributed by atoms with Crippen LogP contribution in [0.1, 0.15) is 11.3 Å². The second-order valence-electron chi connectivity index (χ2n) is 3.96. The number of pyridine rings is 1. The number of hydrogen-bond acceptors (Lipinski definition) is 2. The van der Waals surface area contributed by atoms with Gasteiger partial charge in [0, 0.05) is 16.9 Å². The van der Waals surface area contributed by atoms with Crippen LogP contribution in [-0.2, 0) is 4.79 Å². The summed E-state index contributed by atoms with van der Waals surface area (Å²) in [5.74, 6) is 0. The zero-order valence-corrected chi connectivity index (χ0v) is 9.90. The number of benzene rings is 1. The zero-order valence-electron chi connectivity index (χ0n) is 9.90. The summed E-state index contributed by atoms with van der Waals surface area (Å²) in [4.78, 5) is 14.9. The lowest BCUT2D eigenvalue weighted by Gasteiger charge is -2.08. The Bertz CT molecular complexity index is 550. The van der Waals surface area contributed by atoms with Crippen molar-refractivity contribution in [3.63, 3.8) is 0 Å². The molecular weight excluding hydrogens is 212 g/mol. The molecule has 0 radical (unpaired) electrons. The predicted molar refractivity (Wildman–Crippen MR) is 68.8 cm³/mol. The first-order valence-electron chi connectivity index (χ1n) is 5.45. The minimum absolute atomic E-state index is 0.679. The van der Waals surface area contributed by atoms with Crippen molar-refractivity contribution < 1.29 is 4.79 Å². The minimum atomic E-state index is 0.679. The van der Waals surface area contributed by atoms with Crippen molar-refractivity contribution in [1.29, 1.82) is 0 Å². The second-order valence-corrected chi connectivity index (χ2v) is 3.96. The molecule has 1 N–H and O–H groups in total. The third-order valence-corrected chi connectivity index (χ3v) is 2.63. The van der Waals surface area contributed by atoms with Crippen molar-refractivity contribution in [1.82, 2.24) is 4.98 Å². The van der Waals surface area contributed by atoms with Gasteiger partial charge in [0.25, 0.3) is 0 Å². The van der Waals surface area contributed by atoms with Crippen LogP contribution < -0.4 is 5.32 Å². The van der Waals surface area contributed by atoms with Gasteiger partial charge in [0.05, 0.1) is 5.69 Å². The number of rotatable bonds is 3. The fourth-order valence-electron chi connectivity index (χ4n) is 1.75. The van der Waals surface area contributed by atoms with E-state index in [1.54, 1.807) is 0 Å². The molecular formula is C14H14N2O. The molecule has 0 fully saturated rings. The van der Waals surface area contributed by atoms with Crippen LogP contribution in [0.3, 0.4) is 0 Å². The molecule has 1 heterocycles. The van der Waals surface area contributed by atoms with Crippen molar-refractivity contribution in [2.24, 2.45) is 0 Å². The summed E-state index contributed by atoms with van der Waals surface area (Å²) < 4.78 is 0. The van der Waals surface area contributed by atoms with E-state index in [0.29, 0.717) is 6.41 Å². The highest BCUT2D eigenvalue weighted by Crippen LogP contribution is 2.25. The summed E-state index contributed by atoms with van der Waals surface area (Å²) in [6.07, 6.45) is 0.679. The van der Waals surface area contributed by atoms with E-state index in [-0.39, 0.29) is 0 Å². The van der Waals surface area contributed by atoms with Crippen LogP contribution in [0.15, 0.2) is 36.4 Å². The van der Waals surface area contributed by atoms with Gasteiger partial charge in [-0.15, -0.1) is 0 Å². The van der Waals surface area contributed by atoms with E-state index in [1.807, 2.05) is 50.2 Å². The molecule has 2 aromatic rings. The molecule has 0 aliphatic rings. The molecule has 0 spiro atoms. The number of hydrogen-bond donors (Lipinski definition) is 1. The first kappa shape index (κ1) is 11.3. The Hall–Kier alpha value is -2.16. The van der Waals surface area contributed by atoms with Crippen LogP contribution in [0.25, 0.3) is 11.3 Å². The number of nitrogens with one attached hydrogen (secondary N) is 1. The average molecular weight is 226 g/mol. The van der Waals surface area contributed by atoms with Gasteiger partial charge in [-0.05, 0) is 43.7 Å². The quantitative estimate of drug-likeness (QED) is 0.817. The van der Waals surface area contributed by atoms with Gasteiger partial charge >= 0.3 is 0 Å². The van der Waals surface area contributed by atoms with Crippen molar-refractivity contribution in [3.05, 3.63) is 47.7 Å². The van der Waals surface area contributed by atoms with Gasteiger partial charge in [-0.3, -0.25) is 9.78 Å². The van der Waals surface area contributed by atoms with Crippen LogP contribution in [0, 0.1) is 13.8 Å². The third kappa shape index (κ3) is 2.50. The molecule has 17 heavy (non-hydrogen) atoms. The first-order valence-corrected chi connectivity index (χ1v) is 5.45. The normalized spacial score (nSPS) is 10.0. The molecule has 86 valence electrons. The van der Waals surface area contributed by atoms with Gasteiger partial charge in [0.15, 0.2) is 0 Å². The lowest BCUT2D eigenvalue weighted by molar-refractivity contribution is -0.105. The molecule has 1 aromatic heterocycles. The van der Waals surface area contributed by atoms with Crippen LogP contribution in [-0.4, -0.2) is 11.4 Å². The van der Waals surface area contributed by atoms with Crippen LogP contribution in [0.4, 0.5) is 5.69 Å². The standard InChI is InChI=1S/C14H14N2O/c1-10-6-7-12(15-9-17)8-13(10)14-5-3-4-11(2)16-14/h3-9H,1-2H3,(H,15,17). The fraction of sp³-hybridized carbons (Fsp3) is 0.143. The summed E-state index contributed by atoms with van der Waals surface area (Å²) in [5, 5.41) is 2.65. The van der Waals surface area contributed by atoms with Gasteiger partial charge in [-0.25, -0.2) is 0 Å². The van der Waals surface area contributed by atoms with Crippen molar-refractivity contribution in [2.75, 3.05) is 5.32 Å². The summed E-state index contributed by atoms with van der Waals surface area (Å²) >= 11 is 0. The molecule has 3 heteroatoms. The Balaban J connectivity index is 2.50. The van der Waals surface area contributed by atoms with Gasteiger partial charge < -0.3 is 5.32 Å². The molecule has 0 atom stereocenters. The highest BCUT2D eigenvalue weighted by molar-refractivity contribution is 5.76. The molecule has 0 saturated heterocycles. The molecule has 0 aliphatic carbocycles. The predicted octanol–water partition coefficient (Wildman–Crippen LogP) is 2.93. The topological polar surface area (TPSA) is 42.0 Å². The number of aromatic nitrogens is 1. The smallest absolute Gasteiger partial charge is 0.211 e. The van der Waals surface area contributed by atoms with Gasteiger partial charge in [0.1, 0.15) is 0 Å². The SMILES string of the molecule is Cc1cccc(-c2cc(NC=O)ccc2C)n1. The van der Waals surface area contributed by atoms with E-state index >= 15 is 0 Å². The maximum absolute atomic E-state index is 10.4. The lowest BCUT2D eigenvalue weighted by atomic mass is 10.0. The molecule has 0 unspecified atom stereocenters. The van der Waals surface area contributed by atoms with E-state index < -0.39 is 0 Å². The maximum Gasteiger partial charge on any atom is 0.211 e. The molecule has 0 aliphatic heterocycles. The van der Waals surface area contributed by atoms with E-state index in [2.05, 4.69) is 10.3 Å². The number of aryl methyl sites for hydroxylation is 2. The maximum atomic E-state index is 10.4. The summed E-state index contributed by atoms with van der Waals surface area (Å²) in [6.45, 7) is 4.00. The molecule has 1 aromatic carbocycles. The molecule has 1 amide bonds. The van der Waals surface area contributed by atoms with Crippen LogP contribution >= 0.6 is 0 Å². The second kappa shape index (κ2) is 4.78. The summed E-state index contributed by atoms with van der Waals surface area (Å²) in [5.41, 5.74) is 4.87. The molecule has 2 rings (SSSR count). The Morgan fingerprint density at radius 3 is 2.71 bits per heavy atom. The van der Waals surface area contributed by atoms with E-state index in [9.17, 15) is 4.79 Å². The highest BCUT2D eigenvalue weighted by atomic mass is 16.1. The van der Waals surface area contributed by atoms with Crippen LogP contribution in [0.2, 0.25) is 0 Å². The van der Waals surface area contributed by atoms with Crippen molar-refractivity contribution in [2.45, 2.75) is 13.8 Å². The molecule has 0 saturated carbocycles. The molecule has 0 bridgehead atoms. The molecule has 3 nitrogen and oxygen atoms in total. The zero-order chi connectivity index (χ0) is 12.3. The third-order valence-electron chi connectivity index (χ3n) is 2.63. The number of anilines is 1. The average Bonchev–Trinajstić information content (AvgIpc) is 2.32. The van der Waals surface area contributed by atoms with Gasteiger partial charge in [0.2, 0.25) is 6.41 Å². The van der Waals surface area contributed by atoms with E-state index in [1.165, 1.54) is 0 Å². The summed E-state index contributed by atoms with van der Waals surface area (Å²) in [6, 6.07) is 11.7. The summed E-state index contributed by atoms with van der Waals surface area (Å²) in [7, 11) is 0. The number of carbonyl (C=O) groups excluding carboxylic acids is 1. The Labute approximate surface area is 101 Å². The van der Waals surface area contributed by atoms with E-state index in [4.69, 9.17) is 0 Å². The highest BCUT2D eigenvalue weighted by Gasteiger charge is 2.04. The van der Waals surface area contributed by atoms with Crippen molar-refractivity contribution >= 4 is 12.1 Å². The Morgan fingerprint density at radius 1 is 1.18 bits per heavy atom. The van der Waals surface area contributed by atoms with Gasteiger partial charge in [-0.1, -0.05) is 12.1 Å². The fourth-order valence-corrected chi connectivity index (χ4v) is 1.75. The Morgan fingerprint density at radius 2 is 2.00 bits per heavy atom. The minimum Gasteiger partial charge on any atom is -0.329 e. The number of carbonyl (C=O) groups is 1. The number of amides is 1. The van der Waals surface area contributed by atoms with E-state index in [0.717, 1.165) is 28.2 Å². The van der Waals surface area contributed by atoms with Gasteiger partial charge in [-0.2, -0.15) is 0 Å². The number of nitrogens with zero attached hydrogens (tertiary/aromatic N) is 1. The first-order chi connectivity index (χ1) is 8.20. The van der Waals surface area contributed by atoms with Crippen molar-refractivity contribution in [3.8, 4) is 11.3 Å². The largest absolute Gasteiger partial charge is 0.329 e.